The van der Waals surface area contributed by atoms with E-state index in [1.165, 1.54) is 22.9 Å². The van der Waals surface area contributed by atoms with Gasteiger partial charge in [0.2, 0.25) is 0 Å². The van der Waals surface area contributed by atoms with Crippen LogP contribution in [0.3, 0.4) is 0 Å². The molecule has 0 fully saturated rings. The first-order valence-corrected chi connectivity index (χ1v) is 6.68. The molecular weight excluding hydrogens is 262 g/mol. The maximum atomic E-state index is 11.9. The van der Waals surface area contributed by atoms with Crippen LogP contribution >= 0.6 is 11.8 Å². The zero-order valence-corrected chi connectivity index (χ0v) is 11.6. The number of benzene rings is 1. The first-order chi connectivity index (χ1) is 8.97. The highest BCUT2D eigenvalue weighted by atomic mass is 32.2. The second-order valence-corrected chi connectivity index (χ2v) is 5.70. The summed E-state index contributed by atoms with van der Waals surface area (Å²) in [5.74, 6) is 0.550. The Morgan fingerprint density at radius 2 is 1.79 bits per heavy atom. The molecule has 0 unspecified atom stereocenters. The Balaban J connectivity index is 2.28. The molecule has 0 atom stereocenters. The first-order valence-electron chi connectivity index (χ1n) is 5.87. The molecule has 0 saturated carbocycles. The maximum Gasteiger partial charge on any atom is 0.327 e. The highest BCUT2D eigenvalue weighted by molar-refractivity contribution is 7.99. The number of rotatable bonds is 0. The molecule has 19 heavy (non-hydrogen) atoms. The fourth-order valence-corrected chi connectivity index (χ4v) is 3.33. The van der Waals surface area contributed by atoms with Crippen LogP contribution in [0.25, 0.3) is 0 Å². The number of nitrogens with one attached hydrogen (secondary N) is 2. The Labute approximate surface area is 113 Å². The lowest BCUT2D eigenvalue weighted by atomic mass is 10.1. The molecule has 0 saturated heterocycles. The van der Waals surface area contributed by atoms with E-state index < -0.39 is 5.69 Å². The summed E-state index contributed by atoms with van der Waals surface area (Å²) in [6.45, 7) is 4.09. The Morgan fingerprint density at radius 3 is 2.53 bits per heavy atom. The van der Waals surface area contributed by atoms with Gasteiger partial charge in [-0.05, 0) is 37.1 Å². The number of aryl methyl sites for hydroxylation is 2. The number of aromatic amines is 2. The van der Waals surface area contributed by atoms with Crippen molar-refractivity contribution in [2.75, 3.05) is 11.9 Å². The summed E-state index contributed by atoms with van der Waals surface area (Å²) < 4.78 is 0. The van der Waals surface area contributed by atoms with Gasteiger partial charge in [0.15, 0.2) is 0 Å². The molecule has 6 heteroatoms. The Morgan fingerprint density at radius 1 is 1.11 bits per heavy atom. The minimum absolute atomic E-state index is 0.348. The first kappa shape index (κ1) is 12.1. The molecule has 2 N–H and O–H groups in total. The van der Waals surface area contributed by atoms with Crippen molar-refractivity contribution in [3.63, 3.8) is 0 Å². The smallest absolute Gasteiger partial charge is 0.327 e. The van der Waals surface area contributed by atoms with Crippen molar-refractivity contribution >= 4 is 23.3 Å². The summed E-state index contributed by atoms with van der Waals surface area (Å²) in [4.78, 5) is 31.6. The third-order valence-electron chi connectivity index (χ3n) is 3.36. The van der Waals surface area contributed by atoms with E-state index in [1.54, 1.807) is 0 Å². The minimum Gasteiger partial charge on any atom is -0.329 e. The monoisotopic (exact) mass is 275 g/mol. The van der Waals surface area contributed by atoms with Gasteiger partial charge < -0.3 is 4.90 Å². The van der Waals surface area contributed by atoms with Crippen LogP contribution < -0.4 is 16.1 Å². The summed E-state index contributed by atoms with van der Waals surface area (Å²) >= 11 is 1.39. The van der Waals surface area contributed by atoms with Gasteiger partial charge in [0, 0.05) is 11.9 Å². The largest absolute Gasteiger partial charge is 0.329 e. The molecule has 1 aliphatic heterocycles. The molecule has 0 spiro atoms. The van der Waals surface area contributed by atoms with Crippen molar-refractivity contribution < 1.29 is 0 Å². The number of hydrogen-bond acceptors (Lipinski definition) is 4. The van der Waals surface area contributed by atoms with E-state index in [-0.39, 0.29) is 5.56 Å². The number of H-pyrrole nitrogens is 2. The fraction of sp³-hybridized carbons (Fsp3) is 0.231. The van der Waals surface area contributed by atoms with Gasteiger partial charge in [0.1, 0.15) is 10.7 Å². The van der Waals surface area contributed by atoms with Crippen molar-refractivity contribution in [2.24, 2.45) is 0 Å². The minimum atomic E-state index is -0.483. The lowest BCUT2D eigenvalue weighted by Gasteiger charge is -2.28. The third kappa shape index (κ3) is 1.79. The van der Waals surface area contributed by atoms with Crippen LogP contribution in [0.4, 0.5) is 11.5 Å². The fourth-order valence-electron chi connectivity index (χ4n) is 2.14. The van der Waals surface area contributed by atoms with E-state index in [9.17, 15) is 9.59 Å². The van der Waals surface area contributed by atoms with Gasteiger partial charge in [-0.25, -0.2) is 4.79 Å². The van der Waals surface area contributed by atoms with Gasteiger partial charge in [0.25, 0.3) is 5.56 Å². The molecule has 1 aliphatic rings. The number of aromatic nitrogens is 2. The van der Waals surface area contributed by atoms with E-state index in [0.29, 0.717) is 10.7 Å². The summed E-state index contributed by atoms with van der Waals surface area (Å²) in [7, 11) is 1.85. The van der Waals surface area contributed by atoms with Gasteiger partial charge in [-0.1, -0.05) is 11.8 Å². The van der Waals surface area contributed by atoms with E-state index in [0.717, 1.165) is 10.6 Å². The van der Waals surface area contributed by atoms with Crippen LogP contribution in [0.1, 0.15) is 11.1 Å². The molecule has 0 bridgehead atoms. The number of anilines is 2. The number of fused-ring (bicyclic) bond motifs is 2. The predicted molar refractivity (Wildman–Crippen MR) is 75.8 cm³/mol. The van der Waals surface area contributed by atoms with E-state index >= 15 is 0 Å². The van der Waals surface area contributed by atoms with Crippen LogP contribution in [0.2, 0.25) is 0 Å². The second-order valence-electron chi connectivity index (χ2n) is 4.65. The second kappa shape index (κ2) is 4.03. The SMILES string of the molecule is Cc1cc2c(cc1C)N(C)c1[nH]c(=O)[nH]c(=O)c1S2. The standard InChI is InChI=1S/C13H13N3O2S/c1-6-4-8-9(5-7(6)2)19-10-11(16(8)3)14-13(18)15-12(10)17/h4-5H,1-3H3,(H2,14,15,17,18). The van der Waals surface area contributed by atoms with Gasteiger partial charge >= 0.3 is 5.69 Å². The lowest BCUT2D eigenvalue weighted by Crippen LogP contribution is -2.30. The van der Waals surface area contributed by atoms with Crippen LogP contribution in [-0.2, 0) is 0 Å². The third-order valence-corrected chi connectivity index (χ3v) is 4.49. The average Bonchev–Trinajstić information content (AvgIpc) is 2.34. The predicted octanol–water partition coefficient (Wildman–Crippen LogP) is 1.91. The van der Waals surface area contributed by atoms with Crippen LogP contribution in [0.15, 0.2) is 31.5 Å². The van der Waals surface area contributed by atoms with Crippen molar-refractivity contribution in [1.29, 1.82) is 0 Å². The summed E-state index contributed by atoms with van der Waals surface area (Å²) in [5.41, 5.74) is 2.54. The Bertz CT molecular complexity index is 791. The molecule has 1 aromatic carbocycles. The van der Waals surface area contributed by atoms with E-state index in [2.05, 4.69) is 22.1 Å². The highest BCUT2D eigenvalue weighted by Gasteiger charge is 2.24. The maximum absolute atomic E-state index is 11.9. The molecule has 2 aromatic rings. The zero-order valence-electron chi connectivity index (χ0n) is 10.8. The van der Waals surface area contributed by atoms with Gasteiger partial charge in [-0.3, -0.25) is 14.8 Å². The summed E-state index contributed by atoms with van der Waals surface area (Å²) in [6.07, 6.45) is 0. The van der Waals surface area contributed by atoms with Crippen LogP contribution in [-0.4, -0.2) is 17.0 Å². The molecule has 0 radical (unpaired) electrons. The average molecular weight is 275 g/mol. The number of hydrogen-bond donors (Lipinski definition) is 2. The normalized spacial score (nSPS) is 13.1. The summed E-state index contributed by atoms with van der Waals surface area (Å²) in [6, 6.07) is 4.14. The zero-order chi connectivity index (χ0) is 13.7. The van der Waals surface area contributed by atoms with Crippen LogP contribution in [0, 0.1) is 13.8 Å². The van der Waals surface area contributed by atoms with Crippen LogP contribution in [0.5, 0.6) is 0 Å². The molecule has 0 aliphatic carbocycles. The van der Waals surface area contributed by atoms with Crippen molar-refractivity contribution in [2.45, 2.75) is 23.6 Å². The van der Waals surface area contributed by atoms with Crippen molar-refractivity contribution in [1.82, 2.24) is 9.97 Å². The molecule has 3 rings (SSSR count). The molecule has 2 heterocycles. The molecular formula is C13H13N3O2S. The molecule has 5 nitrogen and oxygen atoms in total. The highest BCUT2D eigenvalue weighted by Crippen LogP contribution is 2.45. The van der Waals surface area contributed by atoms with E-state index in [1.807, 2.05) is 25.8 Å². The van der Waals surface area contributed by atoms with Crippen molar-refractivity contribution in [3.05, 3.63) is 44.1 Å². The number of nitrogens with zero attached hydrogens (tertiary/aromatic N) is 1. The van der Waals surface area contributed by atoms with Gasteiger partial charge in [-0.15, -0.1) is 0 Å². The lowest BCUT2D eigenvalue weighted by molar-refractivity contribution is 0.928. The summed E-state index contributed by atoms with van der Waals surface area (Å²) in [5, 5.41) is 0. The topological polar surface area (TPSA) is 69.0 Å². The van der Waals surface area contributed by atoms with Gasteiger partial charge in [0.05, 0.1) is 5.69 Å². The van der Waals surface area contributed by atoms with Gasteiger partial charge in [-0.2, -0.15) is 0 Å². The Kier molecular flexibility index (Phi) is 2.56. The molecule has 0 amide bonds. The van der Waals surface area contributed by atoms with E-state index in [4.69, 9.17) is 0 Å². The quantitative estimate of drug-likeness (QED) is 0.770. The Hall–Kier alpha value is -1.95. The van der Waals surface area contributed by atoms with Crippen molar-refractivity contribution in [3.8, 4) is 0 Å². The molecule has 1 aromatic heterocycles. The molecule has 98 valence electrons.